The van der Waals surface area contributed by atoms with Crippen LogP contribution in [0.15, 0.2) is 48.7 Å². The van der Waals surface area contributed by atoms with Crippen LogP contribution >= 0.6 is 0 Å². The van der Waals surface area contributed by atoms with Gasteiger partial charge in [-0.3, -0.25) is 0 Å². The average Bonchev–Trinajstić information content (AvgIpc) is 2.74. The quantitative estimate of drug-likeness (QED) is 0.736. The van der Waals surface area contributed by atoms with E-state index in [-0.39, 0.29) is 6.61 Å². The Hall–Kier alpha value is -3.12. The Kier molecular flexibility index (Phi) is 5.12. The SMILES string of the molecule is Cc1ccc(-c2nc(N(C)CCO)ncc2-c2ccc3c(c2)OCCO3)cc1. The molecule has 1 aliphatic rings. The number of hydrogen-bond donors (Lipinski definition) is 1. The standard InChI is InChI=1S/C22H23N3O3/c1-15-3-5-16(6-4-15)21-18(14-23-22(24-21)25(2)9-10-26)17-7-8-19-20(13-17)28-12-11-27-19/h3-8,13-14,26H,9-12H2,1-2H3. The van der Waals surface area contributed by atoms with E-state index in [1.54, 1.807) is 0 Å². The van der Waals surface area contributed by atoms with E-state index in [0.29, 0.717) is 25.7 Å². The normalized spacial score (nSPS) is 12.7. The van der Waals surface area contributed by atoms with Crippen LogP contribution in [0.5, 0.6) is 11.5 Å². The molecular formula is C22H23N3O3. The third kappa shape index (κ3) is 3.64. The lowest BCUT2D eigenvalue weighted by Gasteiger charge is -2.20. The van der Waals surface area contributed by atoms with Gasteiger partial charge in [0.25, 0.3) is 0 Å². The average molecular weight is 377 g/mol. The number of hydrogen-bond acceptors (Lipinski definition) is 6. The molecule has 0 radical (unpaired) electrons. The number of aryl methyl sites for hydroxylation is 1. The molecule has 28 heavy (non-hydrogen) atoms. The minimum Gasteiger partial charge on any atom is -0.486 e. The largest absolute Gasteiger partial charge is 0.486 e. The third-order valence-corrected chi connectivity index (χ3v) is 4.73. The molecule has 4 rings (SSSR count). The van der Waals surface area contributed by atoms with Crippen molar-refractivity contribution in [3.63, 3.8) is 0 Å². The van der Waals surface area contributed by atoms with E-state index in [2.05, 4.69) is 36.2 Å². The first-order chi connectivity index (χ1) is 13.7. The molecule has 0 aliphatic carbocycles. The molecule has 0 bridgehead atoms. The molecule has 0 fully saturated rings. The van der Waals surface area contributed by atoms with Crippen LogP contribution in [0.4, 0.5) is 5.95 Å². The van der Waals surface area contributed by atoms with Crippen LogP contribution in [-0.4, -0.2) is 48.5 Å². The second kappa shape index (κ2) is 7.86. The topological polar surface area (TPSA) is 67.7 Å². The predicted octanol–water partition coefficient (Wildman–Crippen LogP) is 3.32. The molecular weight excluding hydrogens is 354 g/mol. The summed E-state index contributed by atoms with van der Waals surface area (Å²) in [5, 5.41) is 9.24. The number of aliphatic hydroxyl groups excluding tert-OH is 1. The Morgan fingerprint density at radius 1 is 1.00 bits per heavy atom. The molecule has 0 saturated carbocycles. The molecule has 1 aliphatic heterocycles. The lowest BCUT2D eigenvalue weighted by Crippen LogP contribution is -2.23. The van der Waals surface area contributed by atoms with Gasteiger partial charge in [-0.1, -0.05) is 35.9 Å². The first-order valence-electron chi connectivity index (χ1n) is 9.32. The van der Waals surface area contributed by atoms with Crippen molar-refractivity contribution in [1.82, 2.24) is 9.97 Å². The number of nitrogens with zero attached hydrogens (tertiary/aromatic N) is 3. The van der Waals surface area contributed by atoms with Gasteiger partial charge in [-0.2, -0.15) is 0 Å². The second-order valence-corrected chi connectivity index (χ2v) is 6.80. The Morgan fingerprint density at radius 3 is 2.46 bits per heavy atom. The van der Waals surface area contributed by atoms with Crippen LogP contribution in [0, 0.1) is 6.92 Å². The van der Waals surface area contributed by atoms with Crippen molar-refractivity contribution in [2.45, 2.75) is 6.92 Å². The Bertz CT molecular complexity index is 973. The lowest BCUT2D eigenvalue weighted by atomic mass is 9.99. The van der Waals surface area contributed by atoms with E-state index >= 15 is 0 Å². The van der Waals surface area contributed by atoms with Crippen LogP contribution < -0.4 is 14.4 Å². The Labute approximate surface area is 164 Å². The van der Waals surface area contributed by atoms with Gasteiger partial charge in [-0.15, -0.1) is 0 Å². The van der Waals surface area contributed by atoms with Gasteiger partial charge in [-0.25, -0.2) is 9.97 Å². The minimum atomic E-state index is 0.0453. The Morgan fingerprint density at radius 2 is 1.71 bits per heavy atom. The van der Waals surface area contributed by atoms with E-state index in [9.17, 15) is 5.11 Å². The third-order valence-electron chi connectivity index (χ3n) is 4.73. The summed E-state index contributed by atoms with van der Waals surface area (Å²) in [7, 11) is 1.87. The van der Waals surface area contributed by atoms with Crippen molar-refractivity contribution in [1.29, 1.82) is 0 Å². The molecule has 2 aromatic carbocycles. The summed E-state index contributed by atoms with van der Waals surface area (Å²) in [6.07, 6.45) is 1.83. The number of aliphatic hydroxyl groups is 1. The zero-order chi connectivity index (χ0) is 19.5. The van der Waals surface area contributed by atoms with E-state index in [0.717, 1.165) is 33.9 Å². The highest BCUT2D eigenvalue weighted by Crippen LogP contribution is 2.37. The Balaban J connectivity index is 1.83. The fourth-order valence-electron chi connectivity index (χ4n) is 3.16. The molecule has 0 amide bonds. The van der Waals surface area contributed by atoms with Gasteiger partial charge in [0.05, 0.1) is 12.3 Å². The number of rotatable bonds is 5. The first-order valence-corrected chi connectivity index (χ1v) is 9.32. The highest BCUT2D eigenvalue weighted by molar-refractivity contribution is 5.82. The van der Waals surface area contributed by atoms with Crippen LogP contribution in [0.3, 0.4) is 0 Å². The molecule has 6 nitrogen and oxygen atoms in total. The van der Waals surface area contributed by atoms with Crippen molar-refractivity contribution >= 4 is 5.95 Å². The maximum absolute atomic E-state index is 9.24. The monoisotopic (exact) mass is 377 g/mol. The lowest BCUT2D eigenvalue weighted by molar-refractivity contribution is 0.171. The van der Waals surface area contributed by atoms with E-state index in [1.165, 1.54) is 5.56 Å². The van der Waals surface area contributed by atoms with E-state index in [4.69, 9.17) is 14.5 Å². The van der Waals surface area contributed by atoms with Crippen LogP contribution in [-0.2, 0) is 0 Å². The maximum atomic E-state index is 9.24. The van der Waals surface area contributed by atoms with Crippen molar-refractivity contribution in [3.8, 4) is 33.9 Å². The van der Waals surface area contributed by atoms with Crippen molar-refractivity contribution in [2.24, 2.45) is 0 Å². The minimum absolute atomic E-state index is 0.0453. The van der Waals surface area contributed by atoms with Gasteiger partial charge in [0, 0.05) is 30.9 Å². The number of anilines is 1. The van der Waals surface area contributed by atoms with Crippen LogP contribution in [0.2, 0.25) is 0 Å². The number of likely N-dealkylation sites (N-methyl/N-ethyl adjacent to an activating group) is 1. The summed E-state index contributed by atoms with van der Waals surface area (Å²) < 4.78 is 11.4. The summed E-state index contributed by atoms with van der Waals surface area (Å²) in [4.78, 5) is 11.2. The van der Waals surface area contributed by atoms with Crippen LogP contribution in [0.1, 0.15) is 5.56 Å². The fourth-order valence-corrected chi connectivity index (χ4v) is 3.16. The van der Waals surface area contributed by atoms with Crippen LogP contribution in [0.25, 0.3) is 22.4 Å². The van der Waals surface area contributed by atoms with Gasteiger partial charge in [0.1, 0.15) is 13.2 Å². The summed E-state index contributed by atoms with van der Waals surface area (Å²) in [5.41, 5.74) is 4.93. The van der Waals surface area contributed by atoms with E-state index in [1.807, 2.05) is 36.3 Å². The highest BCUT2D eigenvalue weighted by atomic mass is 16.6. The molecule has 3 aromatic rings. The zero-order valence-electron chi connectivity index (χ0n) is 16.1. The summed E-state index contributed by atoms with van der Waals surface area (Å²) in [5.74, 6) is 2.07. The highest BCUT2D eigenvalue weighted by Gasteiger charge is 2.17. The number of ether oxygens (including phenoxy) is 2. The maximum Gasteiger partial charge on any atom is 0.225 e. The van der Waals surface area contributed by atoms with Crippen molar-refractivity contribution in [2.75, 3.05) is 38.3 Å². The number of aromatic nitrogens is 2. The molecule has 0 saturated heterocycles. The fraction of sp³-hybridized carbons (Fsp3) is 0.273. The molecule has 1 aromatic heterocycles. The molecule has 0 atom stereocenters. The summed E-state index contributed by atoms with van der Waals surface area (Å²) in [6.45, 7) is 3.69. The van der Waals surface area contributed by atoms with Gasteiger partial charge >= 0.3 is 0 Å². The second-order valence-electron chi connectivity index (χ2n) is 6.80. The molecule has 144 valence electrons. The smallest absolute Gasteiger partial charge is 0.225 e. The predicted molar refractivity (Wildman–Crippen MR) is 109 cm³/mol. The van der Waals surface area contributed by atoms with Crippen molar-refractivity contribution < 1.29 is 14.6 Å². The van der Waals surface area contributed by atoms with Gasteiger partial charge in [-0.05, 0) is 24.6 Å². The molecule has 0 spiro atoms. The number of benzene rings is 2. The van der Waals surface area contributed by atoms with Gasteiger partial charge in [0.15, 0.2) is 11.5 Å². The summed E-state index contributed by atoms with van der Waals surface area (Å²) in [6, 6.07) is 14.2. The zero-order valence-corrected chi connectivity index (χ0v) is 16.1. The molecule has 1 N–H and O–H groups in total. The molecule has 0 unspecified atom stereocenters. The van der Waals surface area contributed by atoms with Gasteiger partial charge in [0.2, 0.25) is 5.95 Å². The molecule has 2 heterocycles. The first kappa shape index (κ1) is 18.3. The summed E-state index contributed by atoms with van der Waals surface area (Å²) >= 11 is 0. The molecule has 6 heteroatoms. The van der Waals surface area contributed by atoms with E-state index < -0.39 is 0 Å². The van der Waals surface area contributed by atoms with Crippen molar-refractivity contribution in [3.05, 3.63) is 54.2 Å². The number of fused-ring (bicyclic) bond motifs is 1. The van der Waals surface area contributed by atoms with Gasteiger partial charge < -0.3 is 19.5 Å².